The second-order valence-electron chi connectivity index (χ2n) is 7.01. The first-order valence-corrected chi connectivity index (χ1v) is 9.74. The molecule has 6 nitrogen and oxygen atoms in total. The number of rotatable bonds is 6. The van der Waals surface area contributed by atoms with Crippen LogP contribution >= 0.6 is 0 Å². The fourth-order valence-electron chi connectivity index (χ4n) is 3.58. The van der Waals surface area contributed by atoms with Crippen LogP contribution in [0.2, 0.25) is 0 Å². The van der Waals surface area contributed by atoms with E-state index in [0.717, 1.165) is 46.9 Å². The first-order chi connectivity index (χ1) is 14.2. The third-order valence-corrected chi connectivity index (χ3v) is 5.13. The van der Waals surface area contributed by atoms with Gasteiger partial charge in [-0.15, -0.1) is 0 Å². The third kappa shape index (κ3) is 4.17. The van der Waals surface area contributed by atoms with Crippen molar-refractivity contribution in [3.05, 3.63) is 71.1 Å². The molecule has 1 aliphatic rings. The number of hydrogen-bond acceptors (Lipinski definition) is 6. The Kier molecular flexibility index (Phi) is 5.62. The van der Waals surface area contributed by atoms with Gasteiger partial charge in [0.25, 0.3) is 0 Å². The molecule has 150 valence electrons. The largest absolute Gasteiger partial charge is 0.493 e. The Bertz CT molecular complexity index is 997. The van der Waals surface area contributed by atoms with Gasteiger partial charge in [0, 0.05) is 18.5 Å². The Labute approximate surface area is 169 Å². The fourth-order valence-corrected chi connectivity index (χ4v) is 3.58. The number of nitrogens with zero attached hydrogens (tertiary/aromatic N) is 1. The van der Waals surface area contributed by atoms with Crippen molar-refractivity contribution in [1.82, 2.24) is 10.3 Å². The molecule has 0 aliphatic carbocycles. The first kappa shape index (κ1) is 19.2. The molecule has 0 amide bonds. The topological polar surface area (TPSA) is 73.6 Å². The Morgan fingerprint density at radius 2 is 2.07 bits per heavy atom. The normalized spacial score (nSPS) is 15.6. The zero-order valence-corrected chi connectivity index (χ0v) is 16.6. The quantitative estimate of drug-likeness (QED) is 0.646. The molecule has 4 rings (SSSR count). The molecule has 0 fully saturated rings. The summed E-state index contributed by atoms with van der Waals surface area (Å²) < 4.78 is 16.7. The predicted octanol–water partition coefficient (Wildman–Crippen LogP) is 3.63. The summed E-state index contributed by atoms with van der Waals surface area (Å²) in [7, 11) is 1.41. The zero-order chi connectivity index (χ0) is 20.2. The summed E-state index contributed by atoms with van der Waals surface area (Å²) in [5.74, 6) is 1.87. The number of fused-ring (bicyclic) bond motifs is 1. The summed E-state index contributed by atoms with van der Waals surface area (Å²) in [6, 6.07) is 15.3. The number of esters is 1. The number of ether oxygens (including phenoxy) is 2. The first-order valence-electron chi connectivity index (χ1n) is 9.74. The Morgan fingerprint density at radius 3 is 2.86 bits per heavy atom. The van der Waals surface area contributed by atoms with E-state index in [-0.39, 0.29) is 5.97 Å². The van der Waals surface area contributed by atoms with Crippen molar-refractivity contribution >= 4 is 5.97 Å². The maximum absolute atomic E-state index is 12.1. The highest BCUT2D eigenvalue weighted by molar-refractivity contribution is 5.78. The average Bonchev–Trinajstić information content (AvgIpc) is 3.14. The van der Waals surface area contributed by atoms with Gasteiger partial charge < -0.3 is 19.2 Å². The molecule has 1 aromatic heterocycles. The molecular weight excluding hydrogens is 368 g/mol. The van der Waals surface area contributed by atoms with Crippen LogP contribution in [0.25, 0.3) is 11.5 Å². The number of aryl methyl sites for hydroxylation is 1. The Hall–Kier alpha value is -3.12. The lowest BCUT2D eigenvalue weighted by Crippen LogP contribution is -2.35. The highest BCUT2D eigenvalue weighted by atomic mass is 16.5. The van der Waals surface area contributed by atoms with Gasteiger partial charge in [-0.2, -0.15) is 0 Å². The van der Waals surface area contributed by atoms with Crippen molar-refractivity contribution in [2.75, 3.05) is 20.3 Å². The summed E-state index contributed by atoms with van der Waals surface area (Å²) in [6.07, 6.45) is 1.52. The minimum absolute atomic E-state index is 0.283. The summed E-state index contributed by atoms with van der Waals surface area (Å²) in [5, 5.41) is 3.21. The zero-order valence-electron chi connectivity index (χ0n) is 16.6. The lowest BCUT2D eigenvalue weighted by atomic mass is 9.94. The molecule has 0 bridgehead atoms. The van der Waals surface area contributed by atoms with Crippen LogP contribution in [0.5, 0.6) is 5.75 Å². The second kappa shape index (κ2) is 8.49. The van der Waals surface area contributed by atoms with Crippen LogP contribution in [0.1, 0.15) is 28.6 Å². The lowest BCUT2D eigenvalue weighted by Gasteiger charge is -2.25. The van der Waals surface area contributed by atoms with Gasteiger partial charge in [-0.1, -0.05) is 24.3 Å². The van der Waals surface area contributed by atoms with E-state index < -0.39 is 6.04 Å². The van der Waals surface area contributed by atoms with Gasteiger partial charge in [0.1, 0.15) is 17.6 Å². The molecule has 1 atom stereocenters. The van der Waals surface area contributed by atoms with Gasteiger partial charge in [-0.25, -0.2) is 9.78 Å². The molecule has 3 aromatic rings. The number of methoxy groups -OCH3 is 1. The number of aromatic nitrogens is 1. The summed E-state index contributed by atoms with van der Waals surface area (Å²) in [5.41, 5.74) is 3.91. The van der Waals surface area contributed by atoms with Gasteiger partial charge in [0.05, 0.1) is 19.4 Å². The number of hydrogen-bond donors (Lipinski definition) is 1. The summed E-state index contributed by atoms with van der Waals surface area (Å²) >= 11 is 0. The SMILES string of the molecule is COC(=O)C1NCCc2ccc(OCCc3nc(-c4ccccc4)oc3C)cc21. The van der Waals surface area contributed by atoms with Gasteiger partial charge in [0.15, 0.2) is 0 Å². The average molecular weight is 392 g/mol. The maximum atomic E-state index is 12.1. The van der Waals surface area contributed by atoms with Gasteiger partial charge >= 0.3 is 5.97 Å². The Balaban J connectivity index is 1.43. The van der Waals surface area contributed by atoms with E-state index in [1.54, 1.807) is 0 Å². The third-order valence-electron chi connectivity index (χ3n) is 5.13. The number of oxazole rings is 1. The molecule has 2 aromatic carbocycles. The Morgan fingerprint density at radius 1 is 1.24 bits per heavy atom. The van der Waals surface area contributed by atoms with Crippen molar-refractivity contribution in [3.63, 3.8) is 0 Å². The predicted molar refractivity (Wildman–Crippen MR) is 109 cm³/mol. The van der Waals surface area contributed by atoms with E-state index in [1.165, 1.54) is 7.11 Å². The molecule has 0 saturated heterocycles. The minimum atomic E-state index is -0.446. The second-order valence-corrected chi connectivity index (χ2v) is 7.01. The highest BCUT2D eigenvalue weighted by Crippen LogP contribution is 2.28. The van der Waals surface area contributed by atoms with E-state index in [2.05, 4.69) is 10.3 Å². The van der Waals surface area contributed by atoms with E-state index in [0.29, 0.717) is 18.9 Å². The van der Waals surface area contributed by atoms with Crippen LogP contribution in [0, 0.1) is 6.92 Å². The molecule has 0 saturated carbocycles. The van der Waals surface area contributed by atoms with Crippen LogP contribution in [-0.4, -0.2) is 31.2 Å². The minimum Gasteiger partial charge on any atom is -0.493 e. The molecule has 0 radical (unpaired) electrons. The van der Waals surface area contributed by atoms with E-state index in [4.69, 9.17) is 13.9 Å². The smallest absolute Gasteiger partial charge is 0.327 e. The van der Waals surface area contributed by atoms with Crippen molar-refractivity contribution < 1.29 is 18.7 Å². The number of benzene rings is 2. The molecular formula is C23H24N2O4. The van der Waals surface area contributed by atoms with Crippen LogP contribution in [0.15, 0.2) is 52.9 Å². The standard InChI is InChI=1S/C23H24N2O4/c1-15-20(25-22(29-15)17-6-4-3-5-7-17)11-13-28-18-9-8-16-10-12-24-21(19(16)14-18)23(26)27-2/h3-9,14,21,24H,10-13H2,1-2H3. The maximum Gasteiger partial charge on any atom is 0.327 e. The number of carbonyl (C=O) groups excluding carboxylic acids is 1. The lowest BCUT2D eigenvalue weighted by molar-refractivity contribution is -0.143. The van der Waals surface area contributed by atoms with E-state index >= 15 is 0 Å². The molecule has 2 heterocycles. The molecule has 1 unspecified atom stereocenters. The molecule has 29 heavy (non-hydrogen) atoms. The van der Waals surface area contributed by atoms with Gasteiger partial charge in [-0.05, 0) is 48.7 Å². The van der Waals surface area contributed by atoms with Gasteiger partial charge in [0.2, 0.25) is 5.89 Å². The van der Waals surface area contributed by atoms with Crippen LogP contribution in [0.4, 0.5) is 0 Å². The number of carbonyl (C=O) groups is 1. The molecule has 1 aliphatic heterocycles. The van der Waals surface area contributed by atoms with E-state index in [1.807, 2.05) is 55.5 Å². The van der Waals surface area contributed by atoms with Crippen LogP contribution in [-0.2, 0) is 22.4 Å². The highest BCUT2D eigenvalue weighted by Gasteiger charge is 2.27. The monoisotopic (exact) mass is 392 g/mol. The van der Waals surface area contributed by atoms with Crippen LogP contribution in [0.3, 0.4) is 0 Å². The molecule has 0 spiro atoms. The van der Waals surface area contributed by atoms with Crippen molar-refractivity contribution in [2.24, 2.45) is 0 Å². The van der Waals surface area contributed by atoms with Crippen molar-refractivity contribution in [2.45, 2.75) is 25.8 Å². The van der Waals surface area contributed by atoms with Crippen molar-refractivity contribution in [3.8, 4) is 17.2 Å². The molecule has 1 N–H and O–H groups in total. The fraction of sp³-hybridized carbons (Fsp3) is 0.304. The van der Waals surface area contributed by atoms with Gasteiger partial charge in [-0.3, -0.25) is 0 Å². The van der Waals surface area contributed by atoms with Crippen molar-refractivity contribution in [1.29, 1.82) is 0 Å². The van der Waals surface area contributed by atoms with Crippen LogP contribution < -0.4 is 10.1 Å². The van der Waals surface area contributed by atoms with E-state index in [9.17, 15) is 4.79 Å². The number of nitrogens with one attached hydrogen (secondary N) is 1. The summed E-state index contributed by atoms with van der Waals surface area (Å²) in [6.45, 7) is 3.14. The molecule has 6 heteroatoms. The summed E-state index contributed by atoms with van der Waals surface area (Å²) in [4.78, 5) is 16.7.